The van der Waals surface area contributed by atoms with E-state index in [9.17, 15) is 0 Å². The van der Waals surface area contributed by atoms with E-state index in [2.05, 4.69) is 58.4 Å². The number of hydrogen-bond donors (Lipinski definition) is 0. The molecule has 0 unspecified atom stereocenters. The van der Waals surface area contributed by atoms with Gasteiger partial charge in [0.05, 0.1) is 10.2 Å². The highest BCUT2D eigenvalue weighted by Gasteiger charge is 2.02. The topological polar surface area (TPSA) is 9.23 Å². The minimum absolute atomic E-state index is 0.569. The van der Waals surface area contributed by atoms with Crippen molar-refractivity contribution in [3.8, 4) is 5.75 Å². The molecule has 0 radical (unpaired) electrons. The van der Waals surface area contributed by atoms with E-state index >= 15 is 0 Å². The van der Waals surface area contributed by atoms with Gasteiger partial charge in [-0.15, -0.1) is 0 Å². The lowest BCUT2D eigenvalue weighted by Gasteiger charge is -2.10. The fraction of sp³-hybridized carbons (Fsp3) is 0.400. The van der Waals surface area contributed by atoms with Gasteiger partial charge in [0.1, 0.15) is 5.75 Å². The maximum absolute atomic E-state index is 5.62. The first kappa shape index (κ1) is 11.3. The molecule has 0 bridgehead atoms. The standard InChI is InChI=1S/C10H12BrIO/c1-7(2)6-13-10-4-3-8(11)5-9(10)12/h3-5,7H,6H2,1-2H3. The zero-order valence-corrected chi connectivity index (χ0v) is 11.4. The van der Waals surface area contributed by atoms with Crippen LogP contribution in [0.5, 0.6) is 5.75 Å². The maximum Gasteiger partial charge on any atom is 0.132 e. The zero-order chi connectivity index (χ0) is 9.84. The van der Waals surface area contributed by atoms with Gasteiger partial charge in [-0.05, 0) is 46.7 Å². The summed E-state index contributed by atoms with van der Waals surface area (Å²) in [5, 5.41) is 0. The van der Waals surface area contributed by atoms with Crippen LogP contribution in [-0.2, 0) is 0 Å². The van der Waals surface area contributed by atoms with Gasteiger partial charge in [-0.25, -0.2) is 0 Å². The summed E-state index contributed by atoms with van der Waals surface area (Å²) in [6.45, 7) is 5.06. The summed E-state index contributed by atoms with van der Waals surface area (Å²) in [6.07, 6.45) is 0. The van der Waals surface area contributed by atoms with Crippen molar-refractivity contribution >= 4 is 38.5 Å². The average molecular weight is 355 g/mol. The molecule has 0 aromatic heterocycles. The van der Waals surface area contributed by atoms with Crippen LogP contribution in [0.1, 0.15) is 13.8 Å². The van der Waals surface area contributed by atoms with Crippen molar-refractivity contribution in [3.05, 3.63) is 26.2 Å². The molecule has 0 N–H and O–H groups in total. The van der Waals surface area contributed by atoms with Crippen LogP contribution < -0.4 is 4.74 Å². The van der Waals surface area contributed by atoms with Crippen molar-refractivity contribution < 1.29 is 4.74 Å². The highest BCUT2D eigenvalue weighted by molar-refractivity contribution is 14.1. The Morgan fingerprint density at radius 2 is 2.15 bits per heavy atom. The van der Waals surface area contributed by atoms with Gasteiger partial charge >= 0.3 is 0 Å². The van der Waals surface area contributed by atoms with Crippen LogP contribution in [-0.4, -0.2) is 6.61 Å². The van der Waals surface area contributed by atoms with Crippen molar-refractivity contribution in [2.24, 2.45) is 5.92 Å². The summed E-state index contributed by atoms with van der Waals surface area (Å²) in [4.78, 5) is 0. The Hall–Kier alpha value is 0.230. The molecule has 0 aliphatic carbocycles. The van der Waals surface area contributed by atoms with Gasteiger partial charge in [0.2, 0.25) is 0 Å². The summed E-state index contributed by atoms with van der Waals surface area (Å²) >= 11 is 5.69. The van der Waals surface area contributed by atoms with Gasteiger partial charge in [-0.3, -0.25) is 0 Å². The van der Waals surface area contributed by atoms with Crippen LogP contribution in [0.25, 0.3) is 0 Å². The Labute approximate surface area is 101 Å². The van der Waals surface area contributed by atoms with Crippen LogP contribution in [0.4, 0.5) is 0 Å². The predicted molar refractivity (Wildman–Crippen MR) is 67.2 cm³/mol. The second-order valence-electron chi connectivity index (χ2n) is 3.28. The van der Waals surface area contributed by atoms with E-state index in [1.165, 1.54) is 0 Å². The molecule has 3 heteroatoms. The molecule has 0 saturated heterocycles. The van der Waals surface area contributed by atoms with E-state index in [0.29, 0.717) is 5.92 Å². The second-order valence-corrected chi connectivity index (χ2v) is 5.36. The van der Waals surface area contributed by atoms with Crippen molar-refractivity contribution in [1.82, 2.24) is 0 Å². The predicted octanol–water partition coefficient (Wildman–Crippen LogP) is 4.09. The molecule has 0 aliphatic rings. The van der Waals surface area contributed by atoms with Crippen molar-refractivity contribution in [1.29, 1.82) is 0 Å². The van der Waals surface area contributed by atoms with E-state index < -0.39 is 0 Å². The molecule has 0 heterocycles. The van der Waals surface area contributed by atoms with E-state index in [-0.39, 0.29) is 0 Å². The van der Waals surface area contributed by atoms with E-state index in [1.807, 2.05) is 12.1 Å². The van der Waals surface area contributed by atoms with E-state index in [1.54, 1.807) is 0 Å². The molecule has 0 spiro atoms. The minimum Gasteiger partial charge on any atom is -0.492 e. The molecule has 0 amide bonds. The summed E-state index contributed by atoms with van der Waals surface area (Å²) < 4.78 is 7.86. The van der Waals surface area contributed by atoms with Crippen LogP contribution >= 0.6 is 38.5 Å². The van der Waals surface area contributed by atoms with Crippen molar-refractivity contribution in [3.63, 3.8) is 0 Å². The Morgan fingerprint density at radius 1 is 1.46 bits per heavy atom. The van der Waals surface area contributed by atoms with Gasteiger partial charge in [-0.1, -0.05) is 29.8 Å². The number of halogens is 2. The van der Waals surface area contributed by atoms with Gasteiger partial charge in [0.25, 0.3) is 0 Å². The number of benzene rings is 1. The maximum atomic E-state index is 5.62. The molecule has 0 saturated carbocycles. The lowest BCUT2D eigenvalue weighted by Crippen LogP contribution is -2.05. The van der Waals surface area contributed by atoms with Gasteiger partial charge < -0.3 is 4.74 Å². The van der Waals surface area contributed by atoms with Crippen LogP contribution in [0.3, 0.4) is 0 Å². The lowest BCUT2D eigenvalue weighted by atomic mass is 10.2. The molecular weight excluding hydrogens is 343 g/mol. The Morgan fingerprint density at radius 3 is 2.69 bits per heavy atom. The quantitative estimate of drug-likeness (QED) is 0.743. The molecule has 0 fully saturated rings. The Balaban J connectivity index is 2.67. The summed E-state index contributed by atoms with van der Waals surface area (Å²) in [5.41, 5.74) is 0. The molecule has 1 rings (SSSR count). The average Bonchev–Trinajstić information content (AvgIpc) is 2.02. The minimum atomic E-state index is 0.569. The highest BCUT2D eigenvalue weighted by atomic mass is 127. The summed E-state index contributed by atoms with van der Waals surface area (Å²) in [7, 11) is 0. The van der Waals surface area contributed by atoms with E-state index in [4.69, 9.17) is 4.74 Å². The van der Waals surface area contributed by atoms with Gasteiger partial charge in [-0.2, -0.15) is 0 Å². The number of rotatable bonds is 3. The third kappa shape index (κ3) is 3.85. The second kappa shape index (κ2) is 5.20. The zero-order valence-electron chi connectivity index (χ0n) is 7.68. The fourth-order valence-corrected chi connectivity index (χ4v) is 2.31. The first-order chi connectivity index (χ1) is 6.09. The molecule has 1 aromatic carbocycles. The van der Waals surface area contributed by atoms with Crippen molar-refractivity contribution in [2.75, 3.05) is 6.61 Å². The Bertz CT molecular complexity index is 286. The first-order valence-electron chi connectivity index (χ1n) is 4.17. The summed E-state index contributed by atoms with van der Waals surface area (Å²) in [6, 6.07) is 6.04. The third-order valence-electron chi connectivity index (χ3n) is 1.47. The van der Waals surface area contributed by atoms with Crippen LogP contribution in [0.2, 0.25) is 0 Å². The number of ether oxygens (including phenoxy) is 1. The molecule has 1 nitrogen and oxygen atoms in total. The smallest absolute Gasteiger partial charge is 0.132 e. The molecule has 1 aromatic rings. The Kier molecular flexibility index (Phi) is 4.52. The van der Waals surface area contributed by atoms with Crippen LogP contribution in [0.15, 0.2) is 22.7 Å². The molecular formula is C10H12BrIO. The number of hydrogen-bond acceptors (Lipinski definition) is 1. The lowest BCUT2D eigenvalue weighted by molar-refractivity contribution is 0.269. The monoisotopic (exact) mass is 354 g/mol. The largest absolute Gasteiger partial charge is 0.492 e. The molecule has 13 heavy (non-hydrogen) atoms. The van der Waals surface area contributed by atoms with E-state index in [0.717, 1.165) is 20.4 Å². The SMILES string of the molecule is CC(C)COc1ccc(Br)cc1I. The fourth-order valence-electron chi connectivity index (χ4n) is 0.849. The highest BCUT2D eigenvalue weighted by Crippen LogP contribution is 2.24. The summed E-state index contributed by atoms with van der Waals surface area (Å²) in [5.74, 6) is 1.54. The molecule has 72 valence electrons. The normalized spacial score (nSPS) is 10.5. The van der Waals surface area contributed by atoms with Crippen molar-refractivity contribution in [2.45, 2.75) is 13.8 Å². The molecule has 0 aliphatic heterocycles. The molecule has 0 atom stereocenters. The van der Waals surface area contributed by atoms with Gasteiger partial charge in [0, 0.05) is 4.47 Å². The van der Waals surface area contributed by atoms with Gasteiger partial charge in [0.15, 0.2) is 0 Å². The third-order valence-corrected chi connectivity index (χ3v) is 2.80. The van der Waals surface area contributed by atoms with Crippen LogP contribution in [0, 0.1) is 9.49 Å². The first-order valence-corrected chi connectivity index (χ1v) is 6.04.